The molecule has 6 heteroatoms. The fourth-order valence-electron chi connectivity index (χ4n) is 1.33. The van der Waals surface area contributed by atoms with Gasteiger partial charge in [-0.25, -0.2) is 0 Å². The first kappa shape index (κ1) is 11.8. The van der Waals surface area contributed by atoms with Crippen molar-refractivity contribution in [1.29, 1.82) is 0 Å². The number of hydrogen-bond acceptors (Lipinski definition) is 6. The molecule has 0 saturated carbocycles. The monoisotopic (exact) mass is 251 g/mol. The molecular formula is C11H13N3O2S. The van der Waals surface area contributed by atoms with Gasteiger partial charge in [-0.3, -0.25) is 0 Å². The van der Waals surface area contributed by atoms with Gasteiger partial charge in [0.05, 0.1) is 6.61 Å². The maximum atomic E-state index is 9.14. The first-order valence-electron chi connectivity index (χ1n) is 5.15. The minimum Gasteiger partial charge on any atom is -0.486 e. The molecule has 5 nitrogen and oxygen atoms in total. The Morgan fingerprint density at radius 2 is 2.18 bits per heavy atom. The average Bonchev–Trinajstić information content (AvgIpc) is 2.84. The van der Waals surface area contributed by atoms with Crippen LogP contribution in [0.25, 0.3) is 0 Å². The number of nitrogens with one attached hydrogen (secondary N) is 1. The largest absolute Gasteiger partial charge is 0.486 e. The Balaban J connectivity index is 2.01. The van der Waals surface area contributed by atoms with Crippen LogP contribution in [-0.2, 0) is 13.2 Å². The van der Waals surface area contributed by atoms with Crippen LogP contribution in [0.15, 0.2) is 24.3 Å². The number of nitrogens with zero attached hydrogens (tertiary/aromatic N) is 2. The molecule has 0 aliphatic heterocycles. The summed E-state index contributed by atoms with van der Waals surface area (Å²) in [5.41, 5.74) is 0.769. The van der Waals surface area contributed by atoms with Gasteiger partial charge in [0.25, 0.3) is 0 Å². The lowest BCUT2D eigenvalue weighted by atomic mass is 10.2. The number of hydrogen-bond donors (Lipinski definition) is 2. The summed E-state index contributed by atoms with van der Waals surface area (Å²) in [4.78, 5) is 0. The highest BCUT2D eigenvalue weighted by Crippen LogP contribution is 2.21. The lowest BCUT2D eigenvalue weighted by Gasteiger charge is -2.07. The highest BCUT2D eigenvalue weighted by atomic mass is 32.1. The Morgan fingerprint density at radius 3 is 2.88 bits per heavy atom. The van der Waals surface area contributed by atoms with Gasteiger partial charge in [-0.2, -0.15) is 0 Å². The number of aromatic nitrogens is 2. The predicted molar refractivity (Wildman–Crippen MR) is 66.2 cm³/mol. The molecule has 0 atom stereocenters. The van der Waals surface area contributed by atoms with E-state index in [4.69, 9.17) is 9.84 Å². The van der Waals surface area contributed by atoms with Crippen molar-refractivity contribution >= 4 is 16.5 Å². The summed E-state index contributed by atoms with van der Waals surface area (Å²) < 4.78 is 5.59. The van der Waals surface area contributed by atoms with Crippen LogP contribution in [0, 0.1) is 0 Å². The van der Waals surface area contributed by atoms with Crippen LogP contribution in [0.3, 0.4) is 0 Å². The van der Waals surface area contributed by atoms with Gasteiger partial charge in [-0.05, 0) is 6.07 Å². The topological polar surface area (TPSA) is 67.3 Å². The third-order valence-electron chi connectivity index (χ3n) is 2.17. The molecule has 0 radical (unpaired) electrons. The van der Waals surface area contributed by atoms with E-state index in [0.29, 0.717) is 12.4 Å². The molecule has 0 aliphatic carbocycles. The van der Waals surface area contributed by atoms with Gasteiger partial charge in [-0.15, -0.1) is 10.2 Å². The Labute approximate surface area is 103 Å². The second-order valence-electron chi connectivity index (χ2n) is 3.31. The summed E-state index contributed by atoms with van der Waals surface area (Å²) in [6.45, 7) is 0.324. The van der Waals surface area contributed by atoms with Crippen LogP contribution < -0.4 is 10.1 Å². The molecule has 0 saturated heterocycles. The molecule has 2 rings (SSSR count). The maximum absolute atomic E-state index is 9.14. The quantitative estimate of drug-likeness (QED) is 0.845. The second-order valence-corrected chi connectivity index (χ2v) is 4.37. The van der Waals surface area contributed by atoms with Crippen LogP contribution in [-0.4, -0.2) is 22.4 Å². The van der Waals surface area contributed by atoms with Crippen molar-refractivity contribution in [3.8, 4) is 5.75 Å². The number of ether oxygens (including phenoxy) is 1. The molecule has 0 unspecified atom stereocenters. The van der Waals surface area contributed by atoms with Crippen molar-refractivity contribution in [2.45, 2.75) is 13.2 Å². The van der Waals surface area contributed by atoms with Crippen LogP contribution in [0.4, 0.5) is 5.13 Å². The zero-order chi connectivity index (χ0) is 12.1. The molecule has 1 aromatic carbocycles. The molecule has 0 aliphatic rings. The van der Waals surface area contributed by atoms with Crippen molar-refractivity contribution < 1.29 is 9.84 Å². The highest BCUT2D eigenvalue weighted by molar-refractivity contribution is 7.15. The van der Waals surface area contributed by atoms with Gasteiger partial charge in [0.2, 0.25) is 5.13 Å². The molecule has 17 heavy (non-hydrogen) atoms. The zero-order valence-electron chi connectivity index (χ0n) is 9.38. The number of aliphatic hydroxyl groups is 1. The Kier molecular flexibility index (Phi) is 3.89. The van der Waals surface area contributed by atoms with Crippen LogP contribution in [0.1, 0.15) is 10.6 Å². The number of benzene rings is 1. The Morgan fingerprint density at radius 1 is 1.35 bits per heavy atom. The Hall–Kier alpha value is -1.66. The number of para-hydroxylation sites is 1. The van der Waals surface area contributed by atoms with E-state index in [9.17, 15) is 0 Å². The SMILES string of the molecule is CNc1nnc(COc2ccccc2CO)s1. The average molecular weight is 251 g/mol. The summed E-state index contributed by atoms with van der Waals surface area (Å²) in [7, 11) is 1.80. The fraction of sp³-hybridized carbons (Fsp3) is 0.273. The number of rotatable bonds is 5. The molecule has 1 aromatic heterocycles. The van der Waals surface area contributed by atoms with Crippen LogP contribution in [0.2, 0.25) is 0 Å². The minimum absolute atomic E-state index is 0.0337. The smallest absolute Gasteiger partial charge is 0.205 e. The fourth-order valence-corrected chi connectivity index (χ4v) is 1.93. The molecule has 0 amide bonds. The number of aliphatic hydroxyl groups excluding tert-OH is 1. The summed E-state index contributed by atoms with van der Waals surface area (Å²) in [6, 6.07) is 7.39. The number of anilines is 1. The lowest BCUT2D eigenvalue weighted by Crippen LogP contribution is -1.98. The predicted octanol–water partition coefficient (Wildman–Crippen LogP) is 1.65. The first-order chi connectivity index (χ1) is 8.33. The summed E-state index contributed by atoms with van der Waals surface area (Å²) in [6.07, 6.45) is 0. The molecule has 1 heterocycles. The summed E-state index contributed by atoms with van der Waals surface area (Å²) in [5, 5.41) is 21.5. The van der Waals surface area contributed by atoms with Crippen molar-refractivity contribution in [3.63, 3.8) is 0 Å². The third kappa shape index (κ3) is 2.92. The first-order valence-corrected chi connectivity index (χ1v) is 5.97. The van der Waals surface area contributed by atoms with E-state index < -0.39 is 0 Å². The minimum atomic E-state index is -0.0337. The van der Waals surface area contributed by atoms with Gasteiger partial charge in [0, 0.05) is 12.6 Å². The van der Waals surface area contributed by atoms with Gasteiger partial charge in [-0.1, -0.05) is 29.5 Å². The summed E-state index contributed by atoms with van der Waals surface area (Å²) >= 11 is 1.44. The van der Waals surface area contributed by atoms with Crippen molar-refractivity contribution in [2.24, 2.45) is 0 Å². The normalized spacial score (nSPS) is 10.2. The van der Waals surface area contributed by atoms with Crippen molar-refractivity contribution in [2.75, 3.05) is 12.4 Å². The van der Waals surface area contributed by atoms with Gasteiger partial charge in [0.1, 0.15) is 12.4 Å². The van der Waals surface area contributed by atoms with Gasteiger partial charge < -0.3 is 15.2 Å². The van der Waals surface area contributed by atoms with Crippen LogP contribution >= 0.6 is 11.3 Å². The lowest BCUT2D eigenvalue weighted by molar-refractivity contribution is 0.258. The second kappa shape index (κ2) is 5.60. The van der Waals surface area contributed by atoms with E-state index in [1.165, 1.54) is 11.3 Å². The standard InChI is InChI=1S/C11H13N3O2S/c1-12-11-14-13-10(17-11)7-16-9-5-3-2-4-8(9)6-15/h2-5,15H,6-7H2,1H3,(H,12,14). The Bertz CT molecular complexity index is 487. The molecule has 0 spiro atoms. The van der Waals surface area contributed by atoms with Crippen LogP contribution in [0.5, 0.6) is 5.75 Å². The molecule has 2 N–H and O–H groups in total. The summed E-state index contributed by atoms with van der Waals surface area (Å²) in [5.74, 6) is 0.677. The van der Waals surface area contributed by atoms with E-state index in [1.54, 1.807) is 7.05 Å². The van der Waals surface area contributed by atoms with E-state index in [-0.39, 0.29) is 6.61 Å². The molecule has 2 aromatic rings. The van der Waals surface area contributed by atoms with E-state index in [1.807, 2.05) is 24.3 Å². The zero-order valence-corrected chi connectivity index (χ0v) is 10.2. The van der Waals surface area contributed by atoms with E-state index >= 15 is 0 Å². The van der Waals surface area contributed by atoms with Crippen molar-refractivity contribution in [3.05, 3.63) is 34.8 Å². The molecular weight excluding hydrogens is 238 g/mol. The molecule has 0 fully saturated rings. The molecule has 0 bridgehead atoms. The van der Waals surface area contributed by atoms with Gasteiger partial charge >= 0.3 is 0 Å². The third-order valence-corrected chi connectivity index (χ3v) is 3.09. The highest BCUT2D eigenvalue weighted by Gasteiger charge is 2.05. The van der Waals surface area contributed by atoms with E-state index in [2.05, 4.69) is 15.5 Å². The van der Waals surface area contributed by atoms with Gasteiger partial charge in [0.15, 0.2) is 5.01 Å². The van der Waals surface area contributed by atoms with Crippen molar-refractivity contribution in [1.82, 2.24) is 10.2 Å². The maximum Gasteiger partial charge on any atom is 0.205 e. The van der Waals surface area contributed by atoms with E-state index in [0.717, 1.165) is 15.7 Å². The molecule has 90 valence electrons.